The van der Waals surface area contributed by atoms with Crippen LogP contribution >= 0.6 is 0 Å². The number of benzene rings is 1. The highest BCUT2D eigenvalue weighted by Crippen LogP contribution is 2.28. The fraction of sp³-hybridized carbons (Fsp3) is 0.364. The molecule has 1 rings (SSSR count). The highest BCUT2D eigenvalue weighted by atomic mass is 19.1. The number of carbonyl (C=O) groups is 1. The summed E-state index contributed by atoms with van der Waals surface area (Å²) in [6, 6.07) is 1.12. The highest BCUT2D eigenvalue weighted by molar-refractivity contribution is 5.76. The van der Waals surface area contributed by atoms with Gasteiger partial charge in [-0.15, -0.1) is 0 Å². The fourth-order valence-electron chi connectivity index (χ4n) is 1.51. The molecule has 17 heavy (non-hydrogen) atoms. The third-order valence-electron chi connectivity index (χ3n) is 2.25. The van der Waals surface area contributed by atoms with Gasteiger partial charge in [-0.05, 0) is 31.8 Å². The number of rotatable bonds is 4. The number of aliphatic carboxylic acids is 1. The maximum atomic E-state index is 13.4. The number of nitrogens with zero attached hydrogens (tertiary/aromatic N) is 1. The third-order valence-corrected chi connectivity index (χ3v) is 2.25. The van der Waals surface area contributed by atoms with E-state index in [1.54, 1.807) is 19.0 Å². The lowest BCUT2D eigenvalue weighted by molar-refractivity contribution is -0.138. The molecule has 1 aromatic carbocycles. The Morgan fingerprint density at radius 2 is 2.12 bits per heavy atom. The molecule has 0 heterocycles. The van der Waals surface area contributed by atoms with E-state index >= 15 is 0 Å². The molecule has 0 fully saturated rings. The average molecular weight is 242 g/mol. The van der Waals surface area contributed by atoms with E-state index < -0.39 is 23.6 Å². The summed E-state index contributed by atoms with van der Waals surface area (Å²) in [7, 11) is 3.59. The minimum atomic E-state index is -1.44. The summed E-state index contributed by atoms with van der Waals surface area (Å²) in [5.74, 6) is -2.89. The molecule has 0 saturated carbocycles. The van der Waals surface area contributed by atoms with Gasteiger partial charge in [0, 0.05) is 12.1 Å². The molecule has 1 atom stereocenters. The van der Waals surface area contributed by atoms with Crippen molar-refractivity contribution in [3.63, 3.8) is 0 Å². The topological polar surface area (TPSA) is 86.8 Å². The van der Waals surface area contributed by atoms with Gasteiger partial charge in [0.25, 0.3) is 0 Å². The zero-order valence-electron chi connectivity index (χ0n) is 9.64. The predicted molar refractivity (Wildman–Crippen MR) is 60.0 cm³/mol. The maximum Gasteiger partial charge on any atom is 0.325 e. The number of carboxylic acid groups (broad SMARTS) is 1. The molecule has 0 aromatic heterocycles. The van der Waals surface area contributed by atoms with Gasteiger partial charge < -0.3 is 20.8 Å². The van der Waals surface area contributed by atoms with Crippen LogP contribution in [0.1, 0.15) is 17.2 Å². The lowest BCUT2D eigenvalue weighted by Gasteiger charge is -2.14. The van der Waals surface area contributed by atoms with Crippen molar-refractivity contribution < 1.29 is 19.4 Å². The smallest absolute Gasteiger partial charge is 0.325 e. The lowest BCUT2D eigenvalue weighted by Crippen LogP contribution is -2.21. The quantitative estimate of drug-likeness (QED) is 0.722. The lowest BCUT2D eigenvalue weighted by atomic mass is 10.0. The largest absolute Gasteiger partial charge is 0.505 e. The van der Waals surface area contributed by atoms with E-state index in [0.717, 1.165) is 6.07 Å². The second-order valence-corrected chi connectivity index (χ2v) is 4.07. The second-order valence-electron chi connectivity index (χ2n) is 4.07. The number of nitrogens with two attached hydrogens (primary N) is 1. The molecule has 0 spiro atoms. The van der Waals surface area contributed by atoms with Crippen LogP contribution in [0.3, 0.4) is 0 Å². The standard InChI is InChI=1S/C11H15FN2O3/c1-14(2)5-6-3-7(9(13)11(16)17)10(15)8(12)4-6/h3-4,9,15H,5,13H2,1-2H3,(H,16,17). The summed E-state index contributed by atoms with van der Waals surface area (Å²) in [6.45, 7) is 0.427. The highest BCUT2D eigenvalue weighted by Gasteiger charge is 2.21. The molecule has 1 unspecified atom stereocenters. The van der Waals surface area contributed by atoms with E-state index in [1.165, 1.54) is 6.07 Å². The Morgan fingerprint density at radius 3 is 2.59 bits per heavy atom. The Kier molecular flexibility index (Phi) is 4.03. The number of carboxylic acids is 1. The first-order valence-electron chi connectivity index (χ1n) is 4.97. The summed E-state index contributed by atoms with van der Waals surface area (Å²) in [5, 5.41) is 18.2. The number of hydrogen-bond donors (Lipinski definition) is 3. The molecule has 6 heteroatoms. The molecular formula is C11H15FN2O3. The molecule has 4 N–H and O–H groups in total. The van der Waals surface area contributed by atoms with Crippen LogP contribution in [0.15, 0.2) is 12.1 Å². The van der Waals surface area contributed by atoms with Crippen molar-refractivity contribution >= 4 is 5.97 Å². The van der Waals surface area contributed by atoms with E-state index in [2.05, 4.69) is 0 Å². The van der Waals surface area contributed by atoms with Crippen LogP contribution in [0.25, 0.3) is 0 Å². The zero-order valence-corrected chi connectivity index (χ0v) is 9.64. The SMILES string of the molecule is CN(C)Cc1cc(F)c(O)c(C(N)C(=O)O)c1. The summed E-state index contributed by atoms with van der Waals surface area (Å²) in [5.41, 5.74) is 5.80. The monoisotopic (exact) mass is 242 g/mol. The minimum Gasteiger partial charge on any atom is -0.505 e. The number of hydrogen-bond acceptors (Lipinski definition) is 4. The first kappa shape index (κ1) is 13.4. The van der Waals surface area contributed by atoms with Crippen molar-refractivity contribution in [1.29, 1.82) is 0 Å². The molecule has 0 radical (unpaired) electrons. The predicted octanol–water partition coefficient (Wildman–Crippen LogP) is 0.677. The number of phenolic OH excluding ortho intramolecular Hbond substituents is 1. The average Bonchev–Trinajstić information content (AvgIpc) is 2.21. The van der Waals surface area contributed by atoms with Gasteiger partial charge in [0.2, 0.25) is 0 Å². The normalized spacial score (nSPS) is 12.8. The van der Waals surface area contributed by atoms with Gasteiger partial charge in [-0.1, -0.05) is 0 Å². The van der Waals surface area contributed by atoms with Gasteiger partial charge in [-0.25, -0.2) is 4.39 Å². The molecule has 0 aliphatic rings. The molecule has 0 aliphatic heterocycles. The Balaban J connectivity index is 3.19. The molecular weight excluding hydrogens is 227 g/mol. The number of aromatic hydroxyl groups is 1. The summed E-state index contributed by atoms with van der Waals surface area (Å²) < 4.78 is 13.4. The van der Waals surface area contributed by atoms with Gasteiger partial charge in [-0.2, -0.15) is 0 Å². The molecule has 5 nitrogen and oxygen atoms in total. The van der Waals surface area contributed by atoms with Crippen molar-refractivity contribution in [2.75, 3.05) is 14.1 Å². The molecule has 0 saturated heterocycles. The fourth-order valence-corrected chi connectivity index (χ4v) is 1.51. The molecule has 0 aliphatic carbocycles. The van der Waals surface area contributed by atoms with E-state index in [4.69, 9.17) is 10.8 Å². The van der Waals surface area contributed by atoms with Crippen LogP contribution < -0.4 is 5.73 Å². The van der Waals surface area contributed by atoms with Gasteiger partial charge in [-0.3, -0.25) is 4.79 Å². The van der Waals surface area contributed by atoms with Crippen LogP contribution in [-0.2, 0) is 11.3 Å². The van der Waals surface area contributed by atoms with Crippen molar-refractivity contribution in [2.45, 2.75) is 12.6 Å². The van der Waals surface area contributed by atoms with Crippen molar-refractivity contribution in [1.82, 2.24) is 4.90 Å². The second kappa shape index (κ2) is 5.11. The van der Waals surface area contributed by atoms with Crippen molar-refractivity contribution in [3.05, 3.63) is 29.1 Å². The summed E-state index contributed by atoms with van der Waals surface area (Å²) >= 11 is 0. The Hall–Kier alpha value is -1.66. The summed E-state index contributed by atoms with van der Waals surface area (Å²) in [4.78, 5) is 12.5. The van der Waals surface area contributed by atoms with Gasteiger partial charge >= 0.3 is 5.97 Å². The zero-order chi connectivity index (χ0) is 13.2. The Bertz CT molecular complexity index is 435. The van der Waals surface area contributed by atoms with Crippen LogP contribution in [0, 0.1) is 5.82 Å². The molecule has 94 valence electrons. The van der Waals surface area contributed by atoms with Crippen LogP contribution in [0.5, 0.6) is 5.75 Å². The van der Waals surface area contributed by atoms with Crippen LogP contribution in [-0.4, -0.2) is 35.2 Å². The molecule has 0 amide bonds. The van der Waals surface area contributed by atoms with Crippen LogP contribution in [0.4, 0.5) is 4.39 Å². The minimum absolute atomic E-state index is 0.116. The van der Waals surface area contributed by atoms with E-state index in [9.17, 15) is 14.3 Å². The molecule has 1 aromatic rings. The molecule has 0 bridgehead atoms. The number of phenols is 1. The van der Waals surface area contributed by atoms with E-state index in [0.29, 0.717) is 12.1 Å². The van der Waals surface area contributed by atoms with Crippen LogP contribution in [0.2, 0.25) is 0 Å². The van der Waals surface area contributed by atoms with E-state index in [-0.39, 0.29) is 5.56 Å². The number of halogens is 1. The van der Waals surface area contributed by atoms with Gasteiger partial charge in [0.15, 0.2) is 11.6 Å². The third kappa shape index (κ3) is 3.15. The summed E-state index contributed by atoms with van der Waals surface area (Å²) in [6.07, 6.45) is 0. The van der Waals surface area contributed by atoms with Crippen molar-refractivity contribution in [3.8, 4) is 5.75 Å². The maximum absolute atomic E-state index is 13.4. The Morgan fingerprint density at radius 1 is 1.53 bits per heavy atom. The van der Waals surface area contributed by atoms with Crippen molar-refractivity contribution in [2.24, 2.45) is 5.73 Å². The first-order chi connectivity index (χ1) is 7.82. The van der Waals surface area contributed by atoms with Gasteiger partial charge in [0.1, 0.15) is 6.04 Å². The van der Waals surface area contributed by atoms with Gasteiger partial charge in [0.05, 0.1) is 0 Å². The Labute approximate surface area is 98.3 Å². The first-order valence-corrected chi connectivity index (χ1v) is 4.97. The van der Waals surface area contributed by atoms with E-state index in [1.807, 2.05) is 0 Å².